The Morgan fingerprint density at radius 1 is 0.698 bits per heavy atom. The van der Waals surface area contributed by atoms with Gasteiger partial charge in [0.05, 0.1) is 5.52 Å². The molecule has 3 nitrogen and oxygen atoms in total. The number of ether oxygens (including phenoxy) is 2. The molecule has 1 aromatic heterocycles. The summed E-state index contributed by atoms with van der Waals surface area (Å²) in [4.78, 5) is 0. The molecule has 1 saturated heterocycles. The highest BCUT2D eigenvalue weighted by Crippen LogP contribution is 2.59. The predicted molar refractivity (Wildman–Crippen MR) is 215 cm³/mol. The van der Waals surface area contributed by atoms with Crippen LogP contribution in [0.2, 0.25) is 0 Å². The Hall–Kier alpha value is -5.54. The number of rotatable bonds is 4. The van der Waals surface area contributed by atoms with E-state index < -0.39 is 0 Å². The van der Waals surface area contributed by atoms with Crippen LogP contribution in [0.5, 0.6) is 5.75 Å². The summed E-state index contributed by atoms with van der Waals surface area (Å²) in [6.45, 7) is 0. The third-order valence-corrected chi connectivity index (χ3v) is 12.6. The molecule has 3 heterocycles. The van der Waals surface area contributed by atoms with E-state index in [4.69, 9.17) is 9.47 Å². The number of allylic oxidation sites excluding steroid dienone is 14. The van der Waals surface area contributed by atoms with Crippen molar-refractivity contribution in [1.29, 1.82) is 0 Å². The van der Waals surface area contributed by atoms with Crippen LogP contribution in [0.1, 0.15) is 61.3 Å². The molecule has 260 valence electrons. The van der Waals surface area contributed by atoms with E-state index in [0.717, 1.165) is 62.2 Å². The summed E-state index contributed by atoms with van der Waals surface area (Å²) in [6, 6.07) is 28.8. The van der Waals surface area contributed by atoms with Crippen LogP contribution in [0.3, 0.4) is 0 Å². The lowest BCUT2D eigenvalue weighted by molar-refractivity contribution is 0.0607. The molecule has 0 bridgehead atoms. The smallest absolute Gasteiger partial charge is 0.130 e. The topological polar surface area (TPSA) is 23.4 Å². The van der Waals surface area contributed by atoms with Gasteiger partial charge in [-0.2, -0.15) is 0 Å². The average molecular weight is 690 g/mol. The van der Waals surface area contributed by atoms with Crippen LogP contribution >= 0.6 is 0 Å². The van der Waals surface area contributed by atoms with Crippen molar-refractivity contribution in [3.63, 3.8) is 0 Å². The molecule has 53 heavy (non-hydrogen) atoms. The molecule has 0 saturated carbocycles. The van der Waals surface area contributed by atoms with Crippen molar-refractivity contribution in [2.45, 2.75) is 57.0 Å². The zero-order chi connectivity index (χ0) is 34.9. The van der Waals surface area contributed by atoms with Crippen LogP contribution < -0.4 is 4.74 Å². The minimum absolute atomic E-state index is 0.0679. The van der Waals surface area contributed by atoms with Crippen LogP contribution in [0.15, 0.2) is 180 Å². The molecular weight excluding hydrogens is 647 g/mol. The van der Waals surface area contributed by atoms with Crippen molar-refractivity contribution < 1.29 is 9.47 Å². The molecule has 4 aromatic rings. The molecular formula is C50H43NO2. The Labute approximate surface area is 312 Å². The molecule has 11 rings (SSSR count). The third kappa shape index (κ3) is 4.86. The maximum atomic E-state index is 7.08. The fourth-order valence-corrected chi connectivity index (χ4v) is 10.5. The molecule has 0 radical (unpaired) electrons. The normalized spacial score (nSPS) is 26.7. The first kappa shape index (κ1) is 31.0. The van der Waals surface area contributed by atoms with E-state index in [9.17, 15) is 0 Å². The van der Waals surface area contributed by atoms with E-state index in [1.807, 2.05) is 0 Å². The van der Waals surface area contributed by atoms with Gasteiger partial charge in [-0.05, 0) is 109 Å². The van der Waals surface area contributed by atoms with Crippen molar-refractivity contribution in [2.75, 3.05) is 0 Å². The molecule has 0 spiro atoms. The highest BCUT2D eigenvalue weighted by atomic mass is 16.5. The van der Waals surface area contributed by atoms with Crippen LogP contribution in [-0.4, -0.2) is 10.7 Å². The summed E-state index contributed by atoms with van der Waals surface area (Å²) in [6.07, 6.45) is 33.5. The lowest BCUT2D eigenvalue weighted by Crippen LogP contribution is -2.43. The number of hydrogen-bond donors (Lipinski definition) is 0. The van der Waals surface area contributed by atoms with Crippen LogP contribution in [0.4, 0.5) is 0 Å². The highest BCUT2D eigenvalue weighted by Gasteiger charge is 2.51. The lowest BCUT2D eigenvalue weighted by Gasteiger charge is -2.49. The van der Waals surface area contributed by atoms with Gasteiger partial charge >= 0.3 is 0 Å². The quantitative estimate of drug-likeness (QED) is 0.213. The first-order valence-corrected chi connectivity index (χ1v) is 19.7. The van der Waals surface area contributed by atoms with Crippen molar-refractivity contribution in [3.8, 4) is 11.4 Å². The number of para-hydroxylation sites is 3. The van der Waals surface area contributed by atoms with Crippen molar-refractivity contribution in [1.82, 2.24) is 4.57 Å². The van der Waals surface area contributed by atoms with E-state index in [1.54, 1.807) is 0 Å². The lowest BCUT2D eigenvalue weighted by atomic mass is 9.60. The number of nitrogens with zero attached hydrogens (tertiary/aromatic N) is 1. The Morgan fingerprint density at radius 3 is 2.47 bits per heavy atom. The van der Waals surface area contributed by atoms with Crippen LogP contribution in [0, 0.1) is 17.8 Å². The minimum Gasteiger partial charge on any atom is -0.486 e. The van der Waals surface area contributed by atoms with E-state index in [2.05, 4.69) is 150 Å². The summed E-state index contributed by atoms with van der Waals surface area (Å²) in [5.74, 6) is 3.85. The Bertz CT molecular complexity index is 2450. The Morgan fingerprint density at radius 2 is 1.55 bits per heavy atom. The van der Waals surface area contributed by atoms with Crippen molar-refractivity contribution in [2.24, 2.45) is 17.8 Å². The Balaban J connectivity index is 1.11. The van der Waals surface area contributed by atoms with Gasteiger partial charge in [0.15, 0.2) is 0 Å². The maximum Gasteiger partial charge on any atom is 0.130 e. The summed E-state index contributed by atoms with van der Waals surface area (Å²) < 4.78 is 16.6. The fraction of sp³-hybridized carbons (Fsp3) is 0.240. The van der Waals surface area contributed by atoms with Gasteiger partial charge in [-0.25, -0.2) is 0 Å². The van der Waals surface area contributed by atoms with Crippen LogP contribution in [0.25, 0.3) is 22.2 Å². The maximum absolute atomic E-state index is 7.08. The van der Waals surface area contributed by atoms with Gasteiger partial charge in [0, 0.05) is 51.6 Å². The molecule has 2 aliphatic heterocycles. The first-order chi connectivity index (χ1) is 26.3. The van der Waals surface area contributed by atoms with E-state index in [-0.39, 0.29) is 29.8 Å². The molecule has 0 amide bonds. The Kier molecular flexibility index (Phi) is 7.35. The summed E-state index contributed by atoms with van der Waals surface area (Å²) >= 11 is 0. The first-order valence-electron chi connectivity index (χ1n) is 19.7. The third-order valence-electron chi connectivity index (χ3n) is 12.6. The van der Waals surface area contributed by atoms with E-state index >= 15 is 0 Å². The number of benzene rings is 3. The fourth-order valence-electron chi connectivity index (χ4n) is 10.5. The van der Waals surface area contributed by atoms with Gasteiger partial charge < -0.3 is 14.0 Å². The van der Waals surface area contributed by atoms with Gasteiger partial charge in [0.25, 0.3) is 0 Å². The van der Waals surface area contributed by atoms with Crippen molar-refractivity contribution in [3.05, 3.63) is 196 Å². The molecule has 0 N–H and O–H groups in total. The second kappa shape index (κ2) is 12.6. The molecule has 7 aliphatic rings. The van der Waals surface area contributed by atoms with Gasteiger partial charge in [-0.15, -0.1) is 0 Å². The molecule has 1 fully saturated rings. The predicted octanol–water partition coefficient (Wildman–Crippen LogP) is 12.0. The number of aromatic nitrogens is 1. The average Bonchev–Trinajstić information content (AvgIpc) is 3.57. The zero-order valence-corrected chi connectivity index (χ0v) is 30.0. The molecule has 3 heteroatoms. The monoisotopic (exact) mass is 689 g/mol. The standard InChI is InChI=1S/C50H43NO2/c1-3-16-32(17-4-1)34-23-13-26-40-47(38-21-8-12-30-44(38)53-50(34)40)49-39-22-9-11-29-43(39)52-45-31-15-25-36(48(45)49)35-24-14-28-42-46(35)37-20-7-10-27-41(37)51(42)33-18-5-2-6-19-33/h2-3,5-8,10,12-13,15-22,24-27,29-31,34,45,47-49H,1,4,9,11,14,23,28H2. The van der Waals surface area contributed by atoms with Crippen molar-refractivity contribution >= 4 is 16.5 Å². The second-order valence-electron chi connectivity index (χ2n) is 15.4. The molecule has 5 atom stereocenters. The highest BCUT2D eigenvalue weighted by molar-refractivity contribution is 6.01. The van der Waals surface area contributed by atoms with Gasteiger partial charge in [-0.1, -0.05) is 109 Å². The SMILES string of the molecule is C1=CC2OC3=CCCC=C3C(C3C4=C(Oc5ccccc53)C(C3=CCCC=C3)CC=C4)C2C(C2=CCCc3c2c2ccccc2n3-c2ccccc2)=C1. The summed E-state index contributed by atoms with van der Waals surface area (Å²) in [5, 5.41) is 1.32. The number of fused-ring (bicyclic) bond motifs is 6. The zero-order valence-electron chi connectivity index (χ0n) is 30.0. The van der Waals surface area contributed by atoms with Crippen LogP contribution in [-0.2, 0) is 11.2 Å². The molecule has 5 aliphatic carbocycles. The second-order valence-corrected chi connectivity index (χ2v) is 15.4. The molecule has 3 aromatic carbocycles. The van der Waals surface area contributed by atoms with Gasteiger partial charge in [-0.3, -0.25) is 0 Å². The van der Waals surface area contributed by atoms with Gasteiger partial charge in [0.1, 0.15) is 23.4 Å². The largest absolute Gasteiger partial charge is 0.486 e. The van der Waals surface area contributed by atoms with E-state index in [1.165, 1.54) is 61.3 Å². The van der Waals surface area contributed by atoms with Gasteiger partial charge in [0.2, 0.25) is 0 Å². The summed E-state index contributed by atoms with van der Waals surface area (Å²) in [7, 11) is 0. The molecule has 5 unspecified atom stereocenters. The minimum atomic E-state index is -0.0679. The summed E-state index contributed by atoms with van der Waals surface area (Å²) in [5.41, 5.74) is 13.4. The van der Waals surface area contributed by atoms with E-state index in [0.29, 0.717) is 0 Å². The number of hydrogen-bond acceptors (Lipinski definition) is 2.